The summed E-state index contributed by atoms with van der Waals surface area (Å²) in [5.74, 6) is 0.850. The second-order valence-electron chi connectivity index (χ2n) is 5.23. The van der Waals surface area contributed by atoms with E-state index in [-0.39, 0.29) is 4.75 Å². The molecule has 1 aromatic carbocycles. The zero-order valence-corrected chi connectivity index (χ0v) is 13.4. The lowest BCUT2D eigenvalue weighted by Gasteiger charge is -2.23. The van der Waals surface area contributed by atoms with E-state index in [0.717, 1.165) is 19.0 Å². The van der Waals surface area contributed by atoms with Crippen molar-refractivity contribution in [2.75, 3.05) is 19.8 Å². The van der Waals surface area contributed by atoms with Crippen LogP contribution < -0.4 is 10.6 Å². The van der Waals surface area contributed by atoms with Gasteiger partial charge in [0.05, 0.1) is 0 Å². The van der Waals surface area contributed by atoms with Crippen LogP contribution in [0, 0.1) is 6.92 Å². The fraction of sp³-hybridized carbons (Fsp3) is 0.533. The van der Waals surface area contributed by atoms with Gasteiger partial charge in [-0.1, -0.05) is 29.8 Å². The molecule has 0 radical (unpaired) electrons. The second-order valence-corrected chi connectivity index (χ2v) is 6.74. The van der Waals surface area contributed by atoms with Crippen molar-refractivity contribution >= 4 is 17.7 Å². The van der Waals surface area contributed by atoms with Gasteiger partial charge in [0, 0.05) is 24.9 Å². The highest BCUT2D eigenvalue weighted by Gasteiger charge is 2.15. The van der Waals surface area contributed by atoms with E-state index in [1.807, 2.05) is 11.8 Å². The number of hydrogen-bond acceptors (Lipinski definition) is 2. The first-order valence-corrected chi connectivity index (χ1v) is 7.74. The summed E-state index contributed by atoms with van der Waals surface area (Å²) in [6.45, 7) is 8.22. The quantitative estimate of drug-likeness (QED) is 0.643. The molecule has 0 heterocycles. The third-order valence-electron chi connectivity index (χ3n) is 3.04. The minimum absolute atomic E-state index is 0.210. The van der Waals surface area contributed by atoms with Gasteiger partial charge in [-0.05, 0) is 32.6 Å². The molecule has 0 fully saturated rings. The minimum Gasteiger partial charge on any atom is -0.355 e. The van der Waals surface area contributed by atoms with Crippen molar-refractivity contribution < 1.29 is 0 Å². The largest absolute Gasteiger partial charge is 0.355 e. The lowest BCUT2D eigenvalue weighted by atomic mass is 10.1. The summed E-state index contributed by atoms with van der Waals surface area (Å²) in [4.78, 5) is 4.24. The molecule has 2 N–H and O–H groups in total. The number of benzene rings is 1. The van der Waals surface area contributed by atoms with Crippen LogP contribution in [0.1, 0.15) is 25.0 Å². The van der Waals surface area contributed by atoms with Gasteiger partial charge in [0.2, 0.25) is 0 Å². The van der Waals surface area contributed by atoms with Crippen LogP contribution in [0.2, 0.25) is 0 Å². The Hall–Kier alpha value is -1.16. The van der Waals surface area contributed by atoms with Crippen LogP contribution in [0.15, 0.2) is 29.3 Å². The Morgan fingerprint density at radius 3 is 2.37 bits per heavy atom. The molecule has 1 aromatic rings. The number of aryl methyl sites for hydroxylation is 1. The van der Waals surface area contributed by atoms with Gasteiger partial charge in [0.25, 0.3) is 0 Å². The Kier molecular flexibility index (Phi) is 6.22. The maximum Gasteiger partial charge on any atom is 0.191 e. The van der Waals surface area contributed by atoms with Crippen molar-refractivity contribution in [2.45, 2.75) is 32.1 Å². The van der Waals surface area contributed by atoms with Crippen LogP contribution in [0.25, 0.3) is 0 Å². The molecule has 0 aliphatic rings. The topological polar surface area (TPSA) is 36.4 Å². The Morgan fingerprint density at radius 2 is 1.84 bits per heavy atom. The number of nitrogens with zero attached hydrogens (tertiary/aromatic N) is 1. The molecule has 3 nitrogen and oxygen atoms in total. The fourth-order valence-corrected chi connectivity index (χ4v) is 1.70. The molecule has 0 bridgehead atoms. The number of hydrogen-bond donors (Lipinski definition) is 2. The Morgan fingerprint density at radius 1 is 1.21 bits per heavy atom. The lowest BCUT2D eigenvalue weighted by molar-refractivity contribution is 0.664. The van der Waals surface area contributed by atoms with Crippen molar-refractivity contribution in [3.63, 3.8) is 0 Å². The van der Waals surface area contributed by atoms with Crippen LogP contribution in [0.4, 0.5) is 0 Å². The standard InChI is InChI=1S/C15H25N3S/c1-12-6-8-13(9-7-12)10-17-14(16-4)18-11-15(2,3)19-5/h6-9H,10-11H2,1-5H3,(H2,16,17,18). The van der Waals surface area contributed by atoms with Gasteiger partial charge >= 0.3 is 0 Å². The summed E-state index contributed by atoms with van der Waals surface area (Å²) in [7, 11) is 1.80. The molecule has 0 aliphatic carbocycles. The van der Waals surface area contributed by atoms with Crippen molar-refractivity contribution in [1.82, 2.24) is 10.6 Å². The molecule has 0 aromatic heterocycles. The highest BCUT2D eigenvalue weighted by Crippen LogP contribution is 2.19. The highest BCUT2D eigenvalue weighted by atomic mass is 32.2. The zero-order valence-electron chi connectivity index (χ0n) is 12.6. The SMILES string of the molecule is CN=C(NCc1ccc(C)cc1)NCC(C)(C)SC. The normalized spacial score (nSPS) is 12.4. The second kappa shape index (κ2) is 7.43. The smallest absolute Gasteiger partial charge is 0.191 e. The van der Waals surface area contributed by atoms with E-state index in [0.29, 0.717) is 0 Å². The van der Waals surface area contributed by atoms with E-state index in [4.69, 9.17) is 0 Å². The molecule has 0 saturated heterocycles. The average Bonchev–Trinajstić information content (AvgIpc) is 2.41. The van der Waals surface area contributed by atoms with Gasteiger partial charge in [0.1, 0.15) is 0 Å². The molecule has 0 atom stereocenters. The van der Waals surface area contributed by atoms with E-state index >= 15 is 0 Å². The molecule has 0 saturated carbocycles. The third-order valence-corrected chi connectivity index (χ3v) is 4.29. The van der Waals surface area contributed by atoms with E-state index in [9.17, 15) is 0 Å². The number of aliphatic imine (C=N–C) groups is 1. The first-order chi connectivity index (χ1) is 8.96. The fourth-order valence-electron chi connectivity index (χ4n) is 1.48. The number of thioether (sulfide) groups is 1. The summed E-state index contributed by atoms with van der Waals surface area (Å²) in [6, 6.07) is 8.54. The average molecular weight is 279 g/mol. The van der Waals surface area contributed by atoms with Crippen molar-refractivity contribution in [3.8, 4) is 0 Å². The van der Waals surface area contributed by atoms with Gasteiger partial charge in [-0.2, -0.15) is 11.8 Å². The minimum atomic E-state index is 0.210. The van der Waals surface area contributed by atoms with Crippen LogP contribution in [-0.2, 0) is 6.54 Å². The van der Waals surface area contributed by atoms with Crippen molar-refractivity contribution in [2.24, 2.45) is 4.99 Å². The van der Waals surface area contributed by atoms with Gasteiger partial charge in [0.15, 0.2) is 5.96 Å². The Bertz CT molecular complexity index is 410. The van der Waals surface area contributed by atoms with Crippen LogP contribution in [0.5, 0.6) is 0 Å². The predicted octanol–water partition coefficient (Wildman–Crippen LogP) is 2.80. The van der Waals surface area contributed by atoms with Gasteiger partial charge in [-0.3, -0.25) is 4.99 Å². The molecule has 106 valence electrons. The van der Waals surface area contributed by atoms with E-state index in [1.165, 1.54) is 11.1 Å². The maximum absolute atomic E-state index is 4.24. The summed E-state index contributed by atoms with van der Waals surface area (Å²) >= 11 is 1.85. The number of guanidine groups is 1. The van der Waals surface area contributed by atoms with E-state index < -0.39 is 0 Å². The van der Waals surface area contributed by atoms with Crippen LogP contribution in [-0.4, -0.2) is 30.6 Å². The Balaban J connectivity index is 2.43. The van der Waals surface area contributed by atoms with Crippen molar-refractivity contribution in [3.05, 3.63) is 35.4 Å². The highest BCUT2D eigenvalue weighted by molar-refractivity contribution is 7.99. The lowest BCUT2D eigenvalue weighted by Crippen LogP contribution is -2.42. The molecular formula is C15H25N3S. The summed E-state index contributed by atoms with van der Waals surface area (Å²) in [5.41, 5.74) is 2.55. The number of nitrogens with one attached hydrogen (secondary N) is 2. The summed E-state index contributed by atoms with van der Waals surface area (Å²) in [5, 5.41) is 6.69. The molecule has 0 amide bonds. The van der Waals surface area contributed by atoms with Gasteiger partial charge < -0.3 is 10.6 Å². The first-order valence-electron chi connectivity index (χ1n) is 6.52. The van der Waals surface area contributed by atoms with Gasteiger partial charge in [-0.15, -0.1) is 0 Å². The number of rotatable bonds is 5. The molecule has 19 heavy (non-hydrogen) atoms. The molecular weight excluding hydrogens is 254 g/mol. The third kappa shape index (κ3) is 6.01. The monoisotopic (exact) mass is 279 g/mol. The maximum atomic E-state index is 4.24. The van der Waals surface area contributed by atoms with Crippen LogP contribution in [0.3, 0.4) is 0 Å². The van der Waals surface area contributed by atoms with E-state index in [1.54, 1.807) is 7.05 Å². The molecule has 1 rings (SSSR count). The molecule has 4 heteroatoms. The molecule has 0 aliphatic heterocycles. The van der Waals surface area contributed by atoms with Crippen molar-refractivity contribution in [1.29, 1.82) is 0 Å². The van der Waals surface area contributed by atoms with Gasteiger partial charge in [-0.25, -0.2) is 0 Å². The van der Waals surface area contributed by atoms with E-state index in [2.05, 4.69) is 66.9 Å². The zero-order chi connectivity index (χ0) is 14.3. The Labute approximate surface area is 121 Å². The summed E-state index contributed by atoms with van der Waals surface area (Å²) in [6.07, 6.45) is 2.13. The predicted molar refractivity (Wildman–Crippen MR) is 87.0 cm³/mol. The molecule has 0 unspecified atom stereocenters. The molecule has 0 spiro atoms. The first kappa shape index (κ1) is 15.9. The summed E-state index contributed by atoms with van der Waals surface area (Å²) < 4.78 is 0.210. The van der Waals surface area contributed by atoms with Crippen LogP contribution >= 0.6 is 11.8 Å².